The Bertz CT molecular complexity index is 1070. The molecule has 150 valence electrons. The minimum absolute atomic E-state index is 0.000277. The molecule has 0 aliphatic heterocycles. The average Bonchev–Trinajstić information content (AvgIpc) is 2.63. The second-order valence-corrected chi connectivity index (χ2v) is 7.32. The summed E-state index contributed by atoms with van der Waals surface area (Å²) in [6, 6.07) is 13.3. The van der Waals surface area contributed by atoms with Crippen molar-refractivity contribution in [3.05, 3.63) is 82.5 Å². The van der Waals surface area contributed by atoms with E-state index in [0.29, 0.717) is 11.5 Å². The van der Waals surface area contributed by atoms with E-state index in [1.165, 1.54) is 30.5 Å². The van der Waals surface area contributed by atoms with Gasteiger partial charge in [0.2, 0.25) is 5.56 Å². The van der Waals surface area contributed by atoms with Crippen molar-refractivity contribution in [3.63, 3.8) is 0 Å². The summed E-state index contributed by atoms with van der Waals surface area (Å²) >= 11 is 0. The molecule has 0 saturated heterocycles. The first kappa shape index (κ1) is 20.1. The summed E-state index contributed by atoms with van der Waals surface area (Å²) in [7, 11) is 0. The monoisotopic (exact) mass is 396 g/mol. The maximum atomic E-state index is 13.8. The molecule has 0 aliphatic carbocycles. The second kappa shape index (κ2) is 8.18. The molecule has 3 aromatic rings. The highest BCUT2D eigenvalue weighted by atomic mass is 19.1. The molecule has 2 N–H and O–H groups in total. The molecule has 29 heavy (non-hydrogen) atoms. The molecule has 0 aliphatic rings. The Hall–Kier alpha value is -3.61. The molecule has 7 heteroatoms. The molecule has 0 bridgehead atoms. The predicted octanol–water partition coefficient (Wildman–Crippen LogP) is 4.74. The van der Waals surface area contributed by atoms with E-state index in [1.54, 1.807) is 24.3 Å². The zero-order valence-corrected chi connectivity index (χ0v) is 16.3. The largest absolute Gasteiger partial charge is 0.488 e. The Balaban J connectivity index is 1.81. The van der Waals surface area contributed by atoms with E-state index < -0.39 is 11.7 Å². The van der Waals surface area contributed by atoms with E-state index >= 15 is 0 Å². The van der Waals surface area contributed by atoms with Gasteiger partial charge < -0.3 is 19.8 Å². The SMILES string of the molecule is CC(C)(C)Oc1ccc(Oc2ccc(F)cc2C(=O)Nc2cc[nH]c(=O)c2)cc1. The minimum atomic E-state index is -0.599. The van der Waals surface area contributed by atoms with Crippen LogP contribution in [0.4, 0.5) is 10.1 Å². The normalized spacial score (nSPS) is 11.0. The average molecular weight is 396 g/mol. The number of halogens is 1. The van der Waals surface area contributed by atoms with E-state index in [9.17, 15) is 14.0 Å². The first-order valence-electron chi connectivity index (χ1n) is 8.96. The van der Waals surface area contributed by atoms with E-state index in [0.717, 1.165) is 6.07 Å². The van der Waals surface area contributed by atoms with Gasteiger partial charge in [-0.15, -0.1) is 0 Å². The van der Waals surface area contributed by atoms with Crippen LogP contribution in [0.1, 0.15) is 31.1 Å². The fourth-order valence-electron chi connectivity index (χ4n) is 2.55. The van der Waals surface area contributed by atoms with Gasteiger partial charge in [-0.1, -0.05) is 0 Å². The van der Waals surface area contributed by atoms with Gasteiger partial charge in [0.25, 0.3) is 5.91 Å². The summed E-state index contributed by atoms with van der Waals surface area (Å²) in [5, 5.41) is 2.56. The lowest BCUT2D eigenvalue weighted by atomic mass is 10.1. The number of pyridine rings is 1. The minimum Gasteiger partial charge on any atom is -0.488 e. The molecule has 3 rings (SSSR count). The van der Waals surface area contributed by atoms with Crippen LogP contribution in [0.15, 0.2) is 65.6 Å². The van der Waals surface area contributed by atoms with Crippen LogP contribution in [-0.4, -0.2) is 16.5 Å². The van der Waals surface area contributed by atoms with Crippen LogP contribution in [0.5, 0.6) is 17.2 Å². The van der Waals surface area contributed by atoms with E-state index in [4.69, 9.17) is 9.47 Å². The summed E-state index contributed by atoms with van der Waals surface area (Å²) in [4.78, 5) is 26.4. The van der Waals surface area contributed by atoms with Crippen molar-refractivity contribution in [2.24, 2.45) is 0 Å². The van der Waals surface area contributed by atoms with Gasteiger partial charge in [-0.05, 0) is 69.3 Å². The van der Waals surface area contributed by atoms with Crippen molar-refractivity contribution in [2.45, 2.75) is 26.4 Å². The van der Waals surface area contributed by atoms with Gasteiger partial charge in [-0.3, -0.25) is 9.59 Å². The van der Waals surface area contributed by atoms with Gasteiger partial charge in [-0.2, -0.15) is 0 Å². The quantitative estimate of drug-likeness (QED) is 0.653. The third kappa shape index (κ3) is 5.68. The third-order valence-electron chi connectivity index (χ3n) is 3.69. The van der Waals surface area contributed by atoms with Crippen LogP contribution in [-0.2, 0) is 0 Å². The number of rotatable bonds is 5. The Morgan fingerprint density at radius 2 is 1.69 bits per heavy atom. The summed E-state index contributed by atoms with van der Waals surface area (Å²) < 4.78 is 25.3. The molecule has 1 aromatic heterocycles. The number of H-pyrrole nitrogens is 1. The van der Waals surface area contributed by atoms with Gasteiger partial charge >= 0.3 is 0 Å². The number of hydrogen-bond acceptors (Lipinski definition) is 4. The lowest BCUT2D eigenvalue weighted by molar-refractivity contribution is 0.102. The molecule has 2 aromatic carbocycles. The van der Waals surface area contributed by atoms with Crippen LogP contribution in [0.25, 0.3) is 0 Å². The molecule has 0 radical (unpaired) electrons. The highest BCUT2D eigenvalue weighted by molar-refractivity contribution is 6.06. The van der Waals surface area contributed by atoms with Gasteiger partial charge in [-0.25, -0.2) is 4.39 Å². The van der Waals surface area contributed by atoms with Gasteiger partial charge in [0.15, 0.2) is 0 Å². The van der Waals surface area contributed by atoms with Crippen LogP contribution >= 0.6 is 0 Å². The predicted molar refractivity (Wildman–Crippen MR) is 108 cm³/mol. The van der Waals surface area contributed by atoms with Gasteiger partial charge in [0, 0.05) is 18.0 Å². The number of aromatic amines is 1. The highest BCUT2D eigenvalue weighted by Crippen LogP contribution is 2.29. The number of nitrogens with one attached hydrogen (secondary N) is 2. The standard InChI is InChI=1S/C22H21FN2O4/c1-22(2,3)29-17-7-5-16(6-8-17)28-19-9-4-14(23)12-18(19)21(27)25-15-10-11-24-20(26)13-15/h4-13H,1-3H3,(H2,24,25,26,27). The highest BCUT2D eigenvalue weighted by Gasteiger charge is 2.16. The molecule has 0 atom stereocenters. The molecular formula is C22H21FN2O4. The zero-order chi connectivity index (χ0) is 21.0. The Morgan fingerprint density at radius 1 is 1.00 bits per heavy atom. The maximum absolute atomic E-state index is 13.8. The summed E-state index contributed by atoms with van der Waals surface area (Å²) in [5.41, 5.74) is -0.405. The Morgan fingerprint density at radius 3 is 2.34 bits per heavy atom. The zero-order valence-electron chi connectivity index (χ0n) is 16.3. The van der Waals surface area contributed by atoms with Crippen LogP contribution in [0, 0.1) is 5.82 Å². The number of amides is 1. The fraction of sp³-hybridized carbons (Fsp3) is 0.182. The number of aromatic nitrogens is 1. The Labute approximate surface area is 167 Å². The molecule has 0 spiro atoms. The molecule has 1 amide bonds. The first-order valence-corrected chi connectivity index (χ1v) is 8.96. The van der Waals surface area contributed by atoms with Gasteiger partial charge in [0.1, 0.15) is 28.7 Å². The molecule has 0 unspecified atom stereocenters. The maximum Gasteiger partial charge on any atom is 0.259 e. The second-order valence-electron chi connectivity index (χ2n) is 7.32. The van der Waals surface area contributed by atoms with Crippen LogP contribution < -0.4 is 20.3 Å². The molecular weight excluding hydrogens is 375 g/mol. The van der Waals surface area contributed by atoms with E-state index in [-0.39, 0.29) is 28.2 Å². The molecule has 0 saturated carbocycles. The number of ether oxygens (including phenoxy) is 2. The number of carbonyl (C=O) groups excluding carboxylic acids is 1. The topological polar surface area (TPSA) is 80.4 Å². The van der Waals surface area contributed by atoms with E-state index in [1.807, 2.05) is 20.8 Å². The smallest absolute Gasteiger partial charge is 0.259 e. The summed E-state index contributed by atoms with van der Waals surface area (Å²) in [5.74, 6) is 0.137. The third-order valence-corrected chi connectivity index (χ3v) is 3.69. The number of hydrogen-bond donors (Lipinski definition) is 2. The summed E-state index contributed by atoms with van der Waals surface area (Å²) in [6.07, 6.45) is 1.40. The van der Waals surface area contributed by atoms with Crippen molar-refractivity contribution in [3.8, 4) is 17.2 Å². The molecule has 0 fully saturated rings. The van der Waals surface area contributed by atoms with Crippen molar-refractivity contribution in [1.82, 2.24) is 4.98 Å². The van der Waals surface area contributed by atoms with E-state index in [2.05, 4.69) is 10.3 Å². The van der Waals surface area contributed by atoms with Crippen molar-refractivity contribution in [1.29, 1.82) is 0 Å². The lowest BCUT2D eigenvalue weighted by Gasteiger charge is -2.21. The fourth-order valence-corrected chi connectivity index (χ4v) is 2.55. The van der Waals surface area contributed by atoms with Crippen LogP contribution in [0.2, 0.25) is 0 Å². The van der Waals surface area contributed by atoms with Crippen LogP contribution in [0.3, 0.4) is 0 Å². The lowest BCUT2D eigenvalue weighted by Crippen LogP contribution is -2.22. The first-order chi connectivity index (χ1) is 13.7. The Kier molecular flexibility index (Phi) is 5.68. The molecule has 1 heterocycles. The number of benzene rings is 2. The van der Waals surface area contributed by atoms with Crippen molar-refractivity contribution < 1.29 is 18.7 Å². The van der Waals surface area contributed by atoms with Crippen molar-refractivity contribution in [2.75, 3.05) is 5.32 Å². The van der Waals surface area contributed by atoms with Gasteiger partial charge in [0.05, 0.1) is 5.56 Å². The summed E-state index contributed by atoms with van der Waals surface area (Å²) in [6.45, 7) is 5.84. The van der Waals surface area contributed by atoms with Crippen molar-refractivity contribution >= 4 is 11.6 Å². The number of anilines is 1. The molecule has 6 nitrogen and oxygen atoms in total. The number of carbonyl (C=O) groups is 1.